The number of nitrogens with zero attached hydrogens (tertiary/aromatic N) is 2. The van der Waals surface area contributed by atoms with E-state index in [0.29, 0.717) is 17.9 Å². The van der Waals surface area contributed by atoms with Crippen molar-refractivity contribution >= 4 is 11.7 Å². The molecule has 0 saturated carbocycles. The molecule has 1 aliphatic rings. The number of pyridine rings is 1. The second-order valence-electron chi connectivity index (χ2n) is 6.76. The molecular formula is C20H21F3N2O5. The molecule has 0 bridgehead atoms. The summed E-state index contributed by atoms with van der Waals surface area (Å²) < 4.78 is 51.4. The molecule has 7 nitrogen and oxygen atoms in total. The molecule has 1 fully saturated rings. The molecule has 1 aromatic heterocycles. The zero-order chi connectivity index (χ0) is 21.6. The molecule has 10 heteroatoms. The van der Waals surface area contributed by atoms with E-state index in [1.54, 1.807) is 12.4 Å². The summed E-state index contributed by atoms with van der Waals surface area (Å²) in [6.07, 6.45) is 0.369. The molecule has 162 valence electrons. The maximum Gasteiger partial charge on any atom is 0.573 e. The smallest absolute Gasteiger partial charge is 0.487 e. The standard InChI is InChI=1S/C20H21F3N2O5/c21-20(22,23)30-17-5-3-14(4-6-17)11-29-18-8-16(9-24-10-18)25-7-1-2-15(25)12-28-13-19(26)27/h3-6,8-10,15H,1-2,7,11-13H2,(H,26,27)/t15-/m1/s1. The van der Waals surface area contributed by atoms with Gasteiger partial charge in [0.2, 0.25) is 0 Å². The summed E-state index contributed by atoms with van der Waals surface area (Å²) in [7, 11) is 0. The van der Waals surface area contributed by atoms with Crippen LogP contribution >= 0.6 is 0 Å². The minimum atomic E-state index is -4.73. The van der Waals surface area contributed by atoms with Crippen molar-refractivity contribution < 1.29 is 37.3 Å². The SMILES string of the molecule is O=C(O)COC[C@H]1CCCN1c1cncc(OCc2ccc(OC(F)(F)F)cc2)c1. The predicted octanol–water partition coefficient (Wildman–Crippen LogP) is 3.63. The third kappa shape index (κ3) is 6.51. The van der Waals surface area contributed by atoms with Crippen LogP contribution in [0.2, 0.25) is 0 Å². The summed E-state index contributed by atoms with van der Waals surface area (Å²) in [6.45, 7) is 0.928. The van der Waals surface area contributed by atoms with Gasteiger partial charge in [-0.25, -0.2) is 4.79 Å². The average molecular weight is 426 g/mol. The maximum absolute atomic E-state index is 12.2. The minimum Gasteiger partial charge on any atom is -0.487 e. The van der Waals surface area contributed by atoms with E-state index in [-0.39, 0.29) is 25.0 Å². The largest absolute Gasteiger partial charge is 0.573 e. The van der Waals surface area contributed by atoms with Gasteiger partial charge in [0.05, 0.1) is 30.7 Å². The zero-order valence-electron chi connectivity index (χ0n) is 16.0. The Hall–Kier alpha value is -3.01. The molecule has 0 amide bonds. The summed E-state index contributed by atoms with van der Waals surface area (Å²) in [6, 6.07) is 7.33. The van der Waals surface area contributed by atoms with Crippen LogP contribution in [0, 0.1) is 0 Å². The molecule has 0 unspecified atom stereocenters. The molecule has 2 aromatic rings. The summed E-state index contributed by atoms with van der Waals surface area (Å²) >= 11 is 0. The van der Waals surface area contributed by atoms with Crippen molar-refractivity contribution in [2.75, 3.05) is 24.7 Å². The normalized spacial score (nSPS) is 16.5. The van der Waals surface area contributed by atoms with Gasteiger partial charge in [-0.2, -0.15) is 0 Å². The molecule has 0 aliphatic carbocycles. The lowest BCUT2D eigenvalue weighted by molar-refractivity contribution is -0.274. The fraction of sp³-hybridized carbons (Fsp3) is 0.400. The first-order chi connectivity index (χ1) is 14.3. The zero-order valence-corrected chi connectivity index (χ0v) is 16.0. The van der Waals surface area contributed by atoms with Gasteiger partial charge in [0.25, 0.3) is 0 Å². The number of carboxylic acid groups (broad SMARTS) is 1. The van der Waals surface area contributed by atoms with Crippen molar-refractivity contribution in [1.82, 2.24) is 4.98 Å². The molecule has 3 rings (SSSR count). The molecule has 2 heterocycles. The van der Waals surface area contributed by atoms with Crippen molar-refractivity contribution in [1.29, 1.82) is 0 Å². The van der Waals surface area contributed by atoms with Crippen molar-refractivity contribution in [3.05, 3.63) is 48.3 Å². The van der Waals surface area contributed by atoms with Crippen molar-refractivity contribution in [2.45, 2.75) is 31.9 Å². The van der Waals surface area contributed by atoms with Gasteiger partial charge in [0.15, 0.2) is 0 Å². The highest BCUT2D eigenvalue weighted by Crippen LogP contribution is 2.28. The van der Waals surface area contributed by atoms with Gasteiger partial charge >= 0.3 is 12.3 Å². The lowest BCUT2D eigenvalue weighted by Crippen LogP contribution is -2.33. The Morgan fingerprint density at radius 2 is 1.97 bits per heavy atom. The first kappa shape index (κ1) is 21.7. The minimum absolute atomic E-state index is 0.0579. The monoisotopic (exact) mass is 426 g/mol. The van der Waals surface area contributed by atoms with E-state index in [9.17, 15) is 18.0 Å². The summed E-state index contributed by atoms with van der Waals surface area (Å²) in [5, 5.41) is 8.70. The third-order valence-corrected chi connectivity index (χ3v) is 4.51. The van der Waals surface area contributed by atoms with E-state index >= 15 is 0 Å². The topological polar surface area (TPSA) is 81.1 Å². The van der Waals surface area contributed by atoms with Gasteiger partial charge in [-0.15, -0.1) is 13.2 Å². The second-order valence-corrected chi connectivity index (χ2v) is 6.76. The number of carboxylic acids is 1. The number of rotatable bonds is 9. The molecule has 1 N–H and O–H groups in total. The molecule has 1 saturated heterocycles. The number of benzene rings is 1. The van der Waals surface area contributed by atoms with Crippen LogP contribution in [0.25, 0.3) is 0 Å². The second kappa shape index (κ2) is 9.66. The van der Waals surface area contributed by atoms with Crippen molar-refractivity contribution in [2.24, 2.45) is 0 Å². The molecule has 1 atom stereocenters. The van der Waals surface area contributed by atoms with E-state index in [1.165, 1.54) is 24.3 Å². The third-order valence-electron chi connectivity index (χ3n) is 4.51. The van der Waals surface area contributed by atoms with E-state index in [0.717, 1.165) is 25.1 Å². The van der Waals surface area contributed by atoms with E-state index in [1.807, 2.05) is 6.07 Å². The maximum atomic E-state index is 12.2. The van der Waals surface area contributed by atoms with Crippen LogP contribution in [0.1, 0.15) is 18.4 Å². The van der Waals surface area contributed by atoms with Crippen LogP contribution in [-0.2, 0) is 16.1 Å². The predicted molar refractivity (Wildman–Crippen MR) is 101 cm³/mol. The van der Waals surface area contributed by atoms with Crippen molar-refractivity contribution in [3.63, 3.8) is 0 Å². The van der Waals surface area contributed by atoms with Crippen LogP contribution < -0.4 is 14.4 Å². The van der Waals surface area contributed by atoms with Gasteiger partial charge < -0.3 is 24.2 Å². The highest BCUT2D eigenvalue weighted by atomic mass is 19.4. The Kier molecular flexibility index (Phi) is 6.99. The molecule has 0 radical (unpaired) electrons. The molecular weight excluding hydrogens is 405 g/mol. The number of hydrogen-bond donors (Lipinski definition) is 1. The van der Waals surface area contributed by atoms with Crippen LogP contribution in [0.15, 0.2) is 42.7 Å². The number of carbonyl (C=O) groups is 1. The van der Waals surface area contributed by atoms with Gasteiger partial charge in [-0.3, -0.25) is 4.98 Å². The number of alkyl halides is 3. The van der Waals surface area contributed by atoms with Crippen molar-refractivity contribution in [3.8, 4) is 11.5 Å². The fourth-order valence-corrected chi connectivity index (χ4v) is 3.23. The van der Waals surface area contributed by atoms with Gasteiger partial charge in [-0.1, -0.05) is 12.1 Å². The highest BCUT2D eigenvalue weighted by molar-refractivity contribution is 5.68. The van der Waals surface area contributed by atoms with Gasteiger partial charge in [0, 0.05) is 12.6 Å². The van der Waals surface area contributed by atoms with Gasteiger partial charge in [-0.05, 0) is 30.5 Å². The number of hydrogen-bond acceptors (Lipinski definition) is 6. The lowest BCUT2D eigenvalue weighted by atomic mass is 10.2. The van der Waals surface area contributed by atoms with E-state index in [4.69, 9.17) is 14.6 Å². The number of anilines is 1. The number of aliphatic carboxylic acids is 1. The molecule has 1 aliphatic heterocycles. The summed E-state index contributed by atoms with van der Waals surface area (Å²) in [5.41, 5.74) is 1.51. The first-order valence-electron chi connectivity index (χ1n) is 9.29. The average Bonchev–Trinajstić information content (AvgIpc) is 3.15. The van der Waals surface area contributed by atoms with Gasteiger partial charge in [0.1, 0.15) is 24.7 Å². The van der Waals surface area contributed by atoms with Crippen LogP contribution in [0.5, 0.6) is 11.5 Å². The first-order valence-corrected chi connectivity index (χ1v) is 9.29. The van der Waals surface area contributed by atoms with E-state index in [2.05, 4.69) is 14.6 Å². The fourth-order valence-electron chi connectivity index (χ4n) is 3.23. The quantitative estimate of drug-likeness (QED) is 0.656. The van der Waals surface area contributed by atoms with Crippen LogP contribution in [-0.4, -0.2) is 48.2 Å². The Bertz CT molecular complexity index is 845. The Labute approximate surface area is 171 Å². The summed E-state index contributed by atoms with van der Waals surface area (Å²) in [5.74, 6) is -0.782. The number of halogens is 3. The van der Waals surface area contributed by atoms with E-state index < -0.39 is 12.3 Å². The lowest BCUT2D eigenvalue weighted by Gasteiger charge is -2.26. The molecule has 1 aromatic carbocycles. The van der Waals surface area contributed by atoms with Crippen LogP contribution in [0.4, 0.5) is 18.9 Å². The molecule has 0 spiro atoms. The van der Waals surface area contributed by atoms with Crippen LogP contribution in [0.3, 0.4) is 0 Å². The number of aromatic nitrogens is 1. The Balaban J connectivity index is 1.57. The Morgan fingerprint density at radius 1 is 1.20 bits per heavy atom. The molecule has 30 heavy (non-hydrogen) atoms. The Morgan fingerprint density at radius 3 is 2.67 bits per heavy atom. The summed E-state index contributed by atoms with van der Waals surface area (Å²) in [4.78, 5) is 16.9. The highest BCUT2D eigenvalue weighted by Gasteiger charge is 2.31. The number of ether oxygens (including phenoxy) is 3.